The molecule has 1 aliphatic rings. The van der Waals surface area contributed by atoms with E-state index < -0.39 is 23.2 Å². The Morgan fingerprint density at radius 2 is 1.68 bits per heavy atom. The van der Waals surface area contributed by atoms with Gasteiger partial charge < -0.3 is 17.3 Å². The molecule has 1 aromatic heterocycles. The second kappa shape index (κ2) is 7.56. The van der Waals surface area contributed by atoms with E-state index in [0.717, 1.165) is 43.1 Å². The molecule has 1 saturated carbocycles. The van der Waals surface area contributed by atoms with Gasteiger partial charge in [0, 0.05) is 23.4 Å². The minimum atomic E-state index is -6.00. The van der Waals surface area contributed by atoms with E-state index in [1.807, 2.05) is 18.2 Å². The van der Waals surface area contributed by atoms with Crippen molar-refractivity contribution in [2.24, 2.45) is 0 Å². The lowest BCUT2D eigenvalue weighted by atomic mass is 9.84. The Balaban J connectivity index is 0.000000399. The molecular weight excluding hydrogens is 368 g/mol. The van der Waals surface area contributed by atoms with Crippen LogP contribution in [0.2, 0.25) is 0 Å². The molecule has 0 aliphatic heterocycles. The predicted octanol–water partition coefficient (Wildman–Crippen LogP) is 7.59. The second-order valence-corrected chi connectivity index (χ2v) is 8.03. The van der Waals surface area contributed by atoms with E-state index in [4.69, 9.17) is 0 Å². The Bertz CT molecular complexity index is 708. The number of aryl methyl sites for hydroxylation is 1. The third-order valence-electron chi connectivity index (χ3n) is 4.11. The minimum Gasteiger partial charge on any atom is -0.418 e. The fourth-order valence-corrected chi connectivity index (χ4v) is 5.11. The monoisotopic (exact) mass is 386 g/mol. The third-order valence-corrected chi connectivity index (χ3v) is 6.29. The summed E-state index contributed by atoms with van der Waals surface area (Å²) < 4.78 is 80.0. The number of alkyl halides is 3. The molecule has 0 bridgehead atoms. The van der Waals surface area contributed by atoms with Crippen LogP contribution < -0.4 is 0 Å². The molecule has 1 fully saturated rings. The molecular formula is C16H18BF7S. The summed E-state index contributed by atoms with van der Waals surface area (Å²) in [5.41, 5.74) is -3.12. The van der Waals surface area contributed by atoms with Crippen molar-refractivity contribution in [1.82, 2.24) is 0 Å². The average molecular weight is 386 g/mol. The van der Waals surface area contributed by atoms with Crippen molar-refractivity contribution in [1.29, 1.82) is 0 Å². The number of hydrogen-bond acceptors (Lipinski definition) is 0. The van der Waals surface area contributed by atoms with Gasteiger partial charge in [-0.2, -0.15) is 0 Å². The average Bonchev–Trinajstić information content (AvgIpc) is 2.72. The first kappa shape index (κ1) is 20.1. The number of thiophene rings is 1. The summed E-state index contributed by atoms with van der Waals surface area (Å²) >= 11 is 0. The van der Waals surface area contributed by atoms with Gasteiger partial charge in [-0.05, 0) is 30.9 Å². The molecule has 1 aromatic carbocycles. The smallest absolute Gasteiger partial charge is 0.418 e. The van der Waals surface area contributed by atoms with Gasteiger partial charge in [0.1, 0.15) is 0 Å². The highest BCUT2D eigenvalue weighted by atomic mass is 32.2. The Labute approximate surface area is 144 Å². The fourth-order valence-electron chi connectivity index (χ4n) is 2.89. The van der Waals surface area contributed by atoms with Gasteiger partial charge in [0.2, 0.25) is 0 Å². The Morgan fingerprint density at radius 1 is 1.08 bits per heavy atom. The van der Waals surface area contributed by atoms with E-state index in [2.05, 4.69) is 6.92 Å². The van der Waals surface area contributed by atoms with Gasteiger partial charge in [0.25, 0.3) is 0 Å². The van der Waals surface area contributed by atoms with Crippen molar-refractivity contribution < 1.29 is 30.4 Å². The predicted molar refractivity (Wildman–Crippen MR) is 88.5 cm³/mol. The van der Waals surface area contributed by atoms with Crippen molar-refractivity contribution in [2.75, 3.05) is 0 Å². The number of fused-ring (bicyclic) bond motifs is 1. The summed E-state index contributed by atoms with van der Waals surface area (Å²) in [7, 11) is -7.69. The summed E-state index contributed by atoms with van der Waals surface area (Å²) in [5.74, 6) is 0.155. The fraction of sp³-hybridized carbons (Fsp3) is 0.500. The highest BCUT2D eigenvalue weighted by Crippen LogP contribution is 2.56. The van der Waals surface area contributed by atoms with E-state index >= 15 is 0 Å². The number of halogens is 7. The van der Waals surface area contributed by atoms with Crippen LogP contribution in [0.3, 0.4) is 0 Å². The maximum Gasteiger partial charge on any atom is 0.673 e. The SMILES string of the molecule is CCCc1ccc2cc(C3CCC3)[s+](C(F)(F)F)c2c1.F[B-](F)(F)F. The van der Waals surface area contributed by atoms with Crippen LogP contribution >= 0.6 is 10.5 Å². The van der Waals surface area contributed by atoms with E-state index in [0.29, 0.717) is 9.58 Å². The molecule has 2 aromatic rings. The van der Waals surface area contributed by atoms with Gasteiger partial charge in [-0.1, -0.05) is 25.8 Å². The van der Waals surface area contributed by atoms with Crippen molar-refractivity contribution in [3.05, 3.63) is 34.7 Å². The van der Waals surface area contributed by atoms with Gasteiger partial charge in [-0.25, -0.2) is 0 Å². The Kier molecular flexibility index (Phi) is 6.07. The van der Waals surface area contributed by atoms with Crippen molar-refractivity contribution in [2.45, 2.75) is 50.5 Å². The van der Waals surface area contributed by atoms with Crippen LogP contribution in [0.5, 0.6) is 0 Å². The summed E-state index contributed by atoms with van der Waals surface area (Å²) in [4.78, 5) is 0.632. The zero-order chi connectivity index (χ0) is 18.8. The highest BCUT2D eigenvalue weighted by molar-refractivity contribution is 7.38. The Morgan fingerprint density at radius 3 is 2.12 bits per heavy atom. The normalized spacial score (nSPS) is 16.4. The van der Waals surface area contributed by atoms with Gasteiger partial charge in [0.05, 0.1) is 10.5 Å². The minimum absolute atomic E-state index is 0.155. The molecule has 0 saturated heterocycles. The van der Waals surface area contributed by atoms with E-state index in [9.17, 15) is 30.4 Å². The maximum absolute atomic E-state index is 13.5. The molecule has 140 valence electrons. The summed E-state index contributed by atoms with van der Waals surface area (Å²) in [6, 6.07) is 7.45. The van der Waals surface area contributed by atoms with Gasteiger partial charge in [-0.3, -0.25) is 0 Å². The molecule has 1 aliphatic carbocycles. The summed E-state index contributed by atoms with van der Waals surface area (Å²) in [6.07, 6.45) is 4.71. The molecule has 3 rings (SSSR count). The lowest BCUT2D eigenvalue weighted by molar-refractivity contribution is -0.0868. The lowest BCUT2D eigenvalue weighted by Crippen LogP contribution is -2.10. The molecule has 9 heteroatoms. The molecule has 0 radical (unpaired) electrons. The first-order valence-electron chi connectivity index (χ1n) is 8.03. The molecule has 1 unspecified atom stereocenters. The van der Waals surface area contributed by atoms with Crippen LogP contribution in [0.25, 0.3) is 10.1 Å². The number of benzene rings is 1. The number of hydrogen-bond donors (Lipinski definition) is 0. The third kappa shape index (κ3) is 5.36. The van der Waals surface area contributed by atoms with Gasteiger partial charge in [-0.15, -0.1) is 13.2 Å². The molecule has 0 amide bonds. The van der Waals surface area contributed by atoms with Gasteiger partial charge >= 0.3 is 12.8 Å². The van der Waals surface area contributed by atoms with Gasteiger partial charge in [0.15, 0.2) is 9.58 Å². The summed E-state index contributed by atoms with van der Waals surface area (Å²) in [6.45, 7) is 2.05. The van der Waals surface area contributed by atoms with Crippen molar-refractivity contribution in [3.63, 3.8) is 0 Å². The molecule has 0 nitrogen and oxygen atoms in total. The van der Waals surface area contributed by atoms with Crippen molar-refractivity contribution in [3.8, 4) is 0 Å². The molecule has 0 spiro atoms. The molecule has 1 atom stereocenters. The number of rotatable bonds is 3. The van der Waals surface area contributed by atoms with Crippen molar-refractivity contribution >= 4 is 27.8 Å². The Hall–Kier alpha value is -1.25. The van der Waals surface area contributed by atoms with E-state index in [1.165, 1.54) is 0 Å². The van der Waals surface area contributed by atoms with Crippen LogP contribution in [0, 0.1) is 0 Å². The van der Waals surface area contributed by atoms with Crippen LogP contribution in [-0.4, -0.2) is 7.25 Å². The maximum atomic E-state index is 13.5. The zero-order valence-corrected chi connectivity index (χ0v) is 14.4. The van der Waals surface area contributed by atoms with Crippen LogP contribution in [-0.2, 0) is 11.9 Å². The quantitative estimate of drug-likeness (QED) is 0.290. The largest absolute Gasteiger partial charge is 0.673 e. The lowest BCUT2D eigenvalue weighted by Gasteiger charge is -2.21. The van der Waals surface area contributed by atoms with Crippen LogP contribution in [0.15, 0.2) is 24.3 Å². The first-order chi connectivity index (χ1) is 11.5. The van der Waals surface area contributed by atoms with E-state index in [1.54, 1.807) is 6.07 Å². The first-order valence-corrected chi connectivity index (χ1v) is 9.26. The topological polar surface area (TPSA) is 0 Å². The van der Waals surface area contributed by atoms with Crippen LogP contribution in [0.4, 0.5) is 30.4 Å². The molecule has 25 heavy (non-hydrogen) atoms. The summed E-state index contributed by atoms with van der Waals surface area (Å²) in [5, 5.41) is 0.785. The van der Waals surface area contributed by atoms with Crippen LogP contribution in [0.1, 0.15) is 49.0 Å². The standard InChI is InChI=1S/C16H18F3S.BF4/c1-2-4-11-7-8-13-10-15(12-5-3-6-12)20(14(13)9-11)16(17,18)19;2-1(3,4)5/h7-10,12H,2-6H2,1H3;/q+1;-1. The second-order valence-electron chi connectivity index (χ2n) is 6.04. The highest BCUT2D eigenvalue weighted by Gasteiger charge is 2.50. The molecule has 1 heterocycles. The zero-order valence-electron chi connectivity index (χ0n) is 13.6. The van der Waals surface area contributed by atoms with E-state index in [-0.39, 0.29) is 5.92 Å². The molecule has 0 N–H and O–H groups in total.